The van der Waals surface area contributed by atoms with Gasteiger partial charge in [-0.25, -0.2) is 9.59 Å². The minimum Gasteiger partial charge on any atom is -0.480 e. The highest BCUT2D eigenvalue weighted by molar-refractivity contribution is 7.80. The average Bonchev–Trinajstić information content (AvgIpc) is 2.92. The molecule has 0 fully saturated rings. The predicted octanol–water partition coefficient (Wildman–Crippen LogP) is 5.76. The number of carbonyl (C=O) groups is 4. The van der Waals surface area contributed by atoms with Crippen LogP contribution in [0.2, 0.25) is 0 Å². The number of para-hydroxylation sites is 1. The number of amides is 2. The van der Waals surface area contributed by atoms with E-state index in [1.54, 1.807) is 0 Å². The first-order valence-electron chi connectivity index (χ1n) is 14.9. The molecule has 0 aliphatic rings. The Labute approximate surface area is 265 Å². The minimum absolute atomic E-state index is 0.131. The van der Waals surface area contributed by atoms with Crippen LogP contribution in [0.15, 0.2) is 54.6 Å². The number of unbranched alkanes of at least 4 members (excludes halogenated alkanes) is 1. The van der Waals surface area contributed by atoms with Gasteiger partial charge in [0.1, 0.15) is 12.1 Å². The van der Waals surface area contributed by atoms with Crippen LogP contribution in [0.5, 0.6) is 0 Å². The maximum Gasteiger partial charge on any atom is 0.326 e. The number of hydrogen-bond acceptors (Lipinski definition) is 5. The number of rotatable bonds is 16. The van der Waals surface area contributed by atoms with Gasteiger partial charge in [0.25, 0.3) is 0 Å². The van der Waals surface area contributed by atoms with Gasteiger partial charge in [-0.3, -0.25) is 9.59 Å². The van der Waals surface area contributed by atoms with E-state index < -0.39 is 29.9 Å². The number of nitrogens with one attached hydrogen (secondary N) is 4. The summed E-state index contributed by atoms with van der Waals surface area (Å²) in [6.07, 6.45) is 1.74. The Morgan fingerprint density at radius 1 is 0.773 bits per heavy atom. The van der Waals surface area contributed by atoms with Gasteiger partial charge in [-0.05, 0) is 72.6 Å². The van der Waals surface area contributed by atoms with Gasteiger partial charge in [-0.2, -0.15) is 0 Å². The van der Waals surface area contributed by atoms with Gasteiger partial charge in [-0.1, -0.05) is 77.8 Å². The van der Waals surface area contributed by atoms with Crippen LogP contribution in [0.1, 0.15) is 84.6 Å². The molecule has 2 aromatic carbocycles. The fourth-order valence-electron chi connectivity index (χ4n) is 4.69. The zero-order valence-electron chi connectivity index (χ0n) is 26.2. The van der Waals surface area contributed by atoms with Gasteiger partial charge in [-0.15, -0.1) is 0 Å². The molecule has 3 unspecified atom stereocenters. The third-order valence-corrected chi connectivity index (χ3v) is 7.00. The first kappa shape index (κ1) is 36.2. The van der Waals surface area contributed by atoms with Crippen molar-refractivity contribution in [1.29, 1.82) is 0 Å². The zero-order valence-corrected chi connectivity index (χ0v) is 27.0. The molecule has 6 N–H and O–H groups in total. The van der Waals surface area contributed by atoms with Gasteiger partial charge >= 0.3 is 11.9 Å². The number of carbonyl (C=O) groups excluding carboxylic acids is 2. The lowest BCUT2D eigenvalue weighted by atomic mass is 9.89. The van der Waals surface area contributed by atoms with Crippen molar-refractivity contribution in [3.63, 3.8) is 0 Å². The predicted molar refractivity (Wildman–Crippen MR) is 177 cm³/mol. The van der Waals surface area contributed by atoms with E-state index in [0.717, 1.165) is 16.9 Å². The second-order valence-electron chi connectivity index (χ2n) is 12.6. The molecule has 0 saturated heterocycles. The Morgan fingerprint density at radius 3 is 1.75 bits per heavy atom. The third-order valence-electron chi connectivity index (χ3n) is 6.80. The second-order valence-corrected chi connectivity index (χ2v) is 13.0. The first-order valence-corrected chi connectivity index (χ1v) is 15.3. The van der Waals surface area contributed by atoms with Gasteiger partial charge in [0, 0.05) is 17.8 Å². The molecule has 0 heterocycles. The Bertz CT molecular complexity index is 1260. The summed E-state index contributed by atoms with van der Waals surface area (Å²) in [5.41, 5.74) is 2.07. The van der Waals surface area contributed by atoms with Crippen LogP contribution in [-0.2, 0) is 19.2 Å². The SMILES string of the molecule is CC(C)CC(C(=O)NC(CCCCC(NC(=O)CC(C)(C)C)C(=O)O)C(=O)O)c1ccc(NC(=S)Nc2ccccc2)cc1. The first-order chi connectivity index (χ1) is 20.6. The van der Waals surface area contributed by atoms with Gasteiger partial charge in [0.15, 0.2) is 5.11 Å². The maximum absolute atomic E-state index is 13.4. The molecule has 11 heteroatoms. The smallest absolute Gasteiger partial charge is 0.326 e. The molecule has 0 saturated carbocycles. The van der Waals surface area contributed by atoms with Crippen molar-refractivity contribution in [2.75, 3.05) is 10.6 Å². The van der Waals surface area contributed by atoms with Crippen LogP contribution in [0.4, 0.5) is 11.4 Å². The minimum atomic E-state index is -1.16. The van der Waals surface area contributed by atoms with E-state index in [4.69, 9.17) is 12.2 Å². The molecule has 240 valence electrons. The Hall–Kier alpha value is -3.99. The summed E-state index contributed by atoms with van der Waals surface area (Å²) in [7, 11) is 0. The Kier molecular flexibility index (Phi) is 14.3. The maximum atomic E-state index is 13.4. The summed E-state index contributed by atoms with van der Waals surface area (Å²) < 4.78 is 0. The standard InChI is InChI=1S/C33H46N4O6S/c1-21(2)19-25(22-15-17-24(18-16-22)35-32(44)34-23-11-7-6-8-12-23)29(39)37-27(31(42)43)14-10-9-13-26(30(40)41)36-28(38)20-33(3,4)5/h6-8,11-12,15-18,21,25-27H,9-10,13-14,19-20H2,1-5H3,(H,36,38)(H,37,39)(H,40,41)(H,42,43)(H2,34,35,44). The summed E-state index contributed by atoms with van der Waals surface area (Å²) in [5.74, 6) is -3.40. The summed E-state index contributed by atoms with van der Waals surface area (Å²) >= 11 is 5.39. The van der Waals surface area contributed by atoms with E-state index in [1.165, 1.54) is 0 Å². The largest absolute Gasteiger partial charge is 0.480 e. The van der Waals surface area contributed by atoms with E-state index in [9.17, 15) is 29.4 Å². The van der Waals surface area contributed by atoms with E-state index in [1.807, 2.05) is 89.2 Å². The van der Waals surface area contributed by atoms with E-state index >= 15 is 0 Å². The normalized spacial score (nSPS) is 13.3. The number of aliphatic carboxylic acids is 2. The highest BCUT2D eigenvalue weighted by atomic mass is 32.1. The monoisotopic (exact) mass is 626 g/mol. The van der Waals surface area contributed by atoms with Gasteiger partial charge in [0.05, 0.1) is 5.92 Å². The Balaban J connectivity index is 1.98. The van der Waals surface area contributed by atoms with Crippen molar-refractivity contribution >= 4 is 52.5 Å². The van der Waals surface area contributed by atoms with E-state index in [0.29, 0.717) is 24.4 Å². The summed E-state index contributed by atoms with van der Waals surface area (Å²) in [6, 6.07) is 14.6. The number of carboxylic acids is 2. The fraction of sp³-hybridized carbons (Fsp3) is 0.485. The van der Waals surface area contributed by atoms with E-state index in [2.05, 4.69) is 21.3 Å². The summed E-state index contributed by atoms with van der Waals surface area (Å²) in [5, 5.41) is 31.2. The highest BCUT2D eigenvalue weighted by Gasteiger charge is 2.28. The number of hydrogen-bond donors (Lipinski definition) is 6. The molecule has 44 heavy (non-hydrogen) atoms. The van der Waals surface area contributed by atoms with Crippen molar-refractivity contribution in [1.82, 2.24) is 10.6 Å². The summed E-state index contributed by atoms with van der Waals surface area (Å²) in [4.78, 5) is 49.2. The van der Waals surface area contributed by atoms with Crippen LogP contribution in [0.25, 0.3) is 0 Å². The lowest BCUT2D eigenvalue weighted by molar-refractivity contribution is -0.143. The zero-order chi connectivity index (χ0) is 32.9. The molecule has 0 aliphatic carbocycles. The number of carboxylic acid groups (broad SMARTS) is 2. The van der Waals surface area contributed by atoms with E-state index in [-0.39, 0.29) is 42.4 Å². The average molecular weight is 627 g/mol. The molecular weight excluding hydrogens is 580 g/mol. The molecule has 0 radical (unpaired) electrons. The molecule has 0 aromatic heterocycles. The Morgan fingerprint density at radius 2 is 1.27 bits per heavy atom. The fourth-order valence-corrected chi connectivity index (χ4v) is 4.93. The number of thiocarbonyl (C=S) groups is 1. The van der Waals surface area contributed by atoms with Crippen molar-refractivity contribution in [2.45, 2.75) is 91.1 Å². The van der Waals surface area contributed by atoms with Crippen LogP contribution in [-0.4, -0.2) is 51.2 Å². The highest BCUT2D eigenvalue weighted by Crippen LogP contribution is 2.26. The molecule has 0 aliphatic heterocycles. The van der Waals surface area contributed by atoms with Crippen LogP contribution in [0, 0.1) is 11.3 Å². The molecule has 2 rings (SSSR count). The van der Waals surface area contributed by atoms with Gasteiger partial charge < -0.3 is 31.5 Å². The lowest BCUT2D eigenvalue weighted by Gasteiger charge is -2.23. The van der Waals surface area contributed by atoms with Crippen molar-refractivity contribution in [3.05, 3.63) is 60.2 Å². The van der Waals surface area contributed by atoms with Crippen molar-refractivity contribution < 1.29 is 29.4 Å². The molecule has 2 aromatic rings. The van der Waals surface area contributed by atoms with Crippen molar-refractivity contribution in [3.8, 4) is 0 Å². The van der Waals surface area contributed by atoms with Crippen molar-refractivity contribution in [2.24, 2.45) is 11.3 Å². The molecule has 0 bridgehead atoms. The number of anilines is 2. The molecule has 10 nitrogen and oxygen atoms in total. The summed E-state index contributed by atoms with van der Waals surface area (Å²) in [6.45, 7) is 9.67. The topological polar surface area (TPSA) is 157 Å². The second kappa shape index (κ2) is 17.3. The van der Waals surface area contributed by atoms with Gasteiger partial charge in [0.2, 0.25) is 11.8 Å². The van der Waals surface area contributed by atoms with Crippen LogP contribution in [0.3, 0.4) is 0 Å². The number of benzene rings is 2. The molecule has 2 amide bonds. The lowest BCUT2D eigenvalue weighted by Crippen LogP contribution is -2.43. The molecular formula is C33H46N4O6S. The van der Waals surface area contributed by atoms with Crippen LogP contribution < -0.4 is 21.3 Å². The molecule has 0 spiro atoms. The molecule has 3 atom stereocenters. The quantitative estimate of drug-likeness (QED) is 0.101. The third kappa shape index (κ3) is 13.5. The van der Waals surface area contributed by atoms with Crippen LogP contribution >= 0.6 is 12.2 Å².